The largest absolute Gasteiger partial charge is 0.472 e. The third-order valence-electron chi connectivity index (χ3n) is 11.0. The predicted octanol–water partition coefficient (Wildman–Crippen LogP) is 14.4. The van der Waals surface area contributed by atoms with Crippen LogP contribution in [0.1, 0.15) is 219 Å². The Morgan fingerprint density at radius 3 is 1.38 bits per heavy atom. The van der Waals surface area contributed by atoms with E-state index < -0.39 is 20.0 Å². The first kappa shape index (κ1) is 58.5. The fourth-order valence-corrected chi connectivity index (χ4v) is 7.78. The number of phosphoric acid groups is 1. The number of rotatable bonds is 45. The second-order valence-corrected chi connectivity index (χ2v) is 19.6. The fourth-order valence-electron chi connectivity index (χ4n) is 7.05. The molecule has 3 atom stereocenters. The quantitative estimate of drug-likeness (QED) is 0.0244. The maximum absolute atomic E-state index is 12.9. The third kappa shape index (κ3) is 44.5. The minimum absolute atomic E-state index is 0.0606. The van der Waals surface area contributed by atoms with Crippen LogP contribution < -0.4 is 5.32 Å². The zero-order valence-corrected chi connectivity index (χ0v) is 40.8. The van der Waals surface area contributed by atoms with Crippen molar-refractivity contribution in [3.63, 3.8) is 0 Å². The highest BCUT2D eigenvalue weighted by atomic mass is 31.2. The maximum Gasteiger partial charge on any atom is 0.472 e. The van der Waals surface area contributed by atoms with E-state index in [4.69, 9.17) is 9.05 Å². The smallest absolute Gasteiger partial charge is 0.387 e. The topological polar surface area (TPSA) is 105 Å². The van der Waals surface area contributed by atoms with Gasteiger partial charge < -0.3 is 19.8 Å². The molecular formula is C51H98N2O6P+. The number of likely N-dealkylation sites (N-methyl/N-ethyl adjacent to an activating group) is 1. The minimum Gasteiger partial charge on any atom is -0.387 e. The monoisotopic (exact) mass is 866 g/mol. The van der Waals surface area contributed by atoms with Crippen LogP contribution in [0.2, 0.25) is 0 Å². The highest BCUT2D eigenvalue weighted by molar-refractivity contribution is 7.47. The summed E-state index contributed by atoms with van der Waals surface area (Å²) in [4.78, 5) is 23.1. The molecule has 0 aromatic rings. The van der Waals surface area contributed by atoms with E-state index in [9.17, 15) is 19.4 Å². The molecule has 0 aromatic carbocycles. The van der Waals surface area contributed by atoms with Gasteiger partial charge in [0.25, 0.3) is 0 Å². The molecule has 0 aliphatic carbocycles. The van der Waals surface area contributed by atoms with E-state index in [0.717, 1.165) is 51.4 Å². The van der Waals surface area contributed by atoms with E-state index in [1.54, 1.807) is 6.08 Å². The van der Waals surface area contributed by atoms with Gasteiger partial charge in [-0.2, -0.15) is 0 Å². The number of unbranched alkanes of at least 4 members (excludes halogenated alkanes) is 26. The Morgan fingerprint density at radius 1 is 0.567 bits per heavy atom. The van der Waals surface area contributed by atoms with E-state index in [0.29, 0.717) is 17.4 Å². The van der Waals surface area contributed by atoms with E-state index >= 15 is 0 Å². The molecular weight excluding hydrogens is 768 g/mol. The third-order valence-corrected chi connectivity index (χ3v) is 12.0. The van der Waals surface area contributed by atoms with Crippen molar-refractivity contribution in [2.45, 2.75) is 231 Å². The summed E-state index contributed by atoms with van der Waals surface area (Å²) in [6, 6.07) is -0.845. The lowest BCUT2D eigenvalue weighted by Gasteiger charge is -2.25. The number of hydrogen-bond acceptors (Lipinski definition) is 5. The molecule has 0 saturated carbocycles. The molecule has 3 N–H and O–H groups in total. The number of amides is 1. The Balaban J connectivity index is 4.06. The van der Waals surface area contributed by atoms with Gasteiger partial charge in [-0.15, -0.1) is 0 Å². The van der Waals surface area contributed by atoms with Gasteiger partial charge >= 0.3 is 7.82 Å². The van der Waals surface area contributed by atoms with Crippen LogP contribution >= 0.6 is 7.82 Å². The van der Waals surface area contributed by atoms with Gasteiger partial charge in [0, 0.05) is 6.42 Å². The lowest BCUT2D eigenvalue weighted by Crippen LogP contribution is -2.45. The number of nitrogens with one attached hydrogen (secondary N) is 1. The SMILES string of the molecule is CCCCCCC/C=C\C/C=C\C/C=C\CCCCCCCCCCCCCCCCC(=O)NC(COP(=O)(O)OCC[N+](C)(C)C)C(O)/C=C/CCCCCCCCC. The summed E-state index contributed by atoms with van der Waals surface area (Å²) in [6.45, 7) is 4.77. The van der Waals surface area contributed by atoms with E-state index in [1.165, 1.54) is 148 Å². The van der Waals surface area contributed by atoms with Gasteiger partial charge in [-0.25, -0.2) is 4.57 Å². The molecule has 352 valence electrons. The van der Waals surface area contributed by atoms with Gasteiger partial charge in [0.2, 0.25) is 5.91 Å². The van der Waals surface area contributed by atoms with Crippen LogP contribution in [0, 0.1) is 0 Å². The Labute approximate surface area is 371 Å². The van der Waals surface area contributed by atoms with Crippen molar-refractivity contribution in [1.82, 2.24) is 5.32 Å². The number of phosphoric ester groups is 1. The summed E-state index contributed by atoms with van der Waals surface area (Å²) in [7, 11) is 1.57. The second kappa shape index (κ2) is 42.7. The molecule has 0 fully saturated rings. The van der Waals surface area contributed by atoms with Crippen molar-refractivity contribution in [1.29, 1.82) is 0 Å². The lowest BCUT2D eigenvalue weighted by molar-refractivity contribution is -0.870. The van der Waals surface area contributed by atoms with Crippen LogP contribution in [0.3, 0.4) is 0 Å². The number of carbonyl (C=O) groups excluding carboxylic acids is 1. The highest BCUT2D eigenvalue weighted by Crippen LogP contribution is 2.43. The molecule has 0 heterocycles. The molecule has 9 heteroatoms. The van der Waals surface area contributed by atoms with Crippen molar-refractivity contribution in [2.24, 2.45) is 0 Å². The molecule has 60 heavy (non-hydrogen) atoms. The average Bonchev–Trinajstić information content (AvgIpc) is 3.20. The highest BCUT2D eigenvalue weighted by Gasteiger charge is 2.27. The predicted molar refractivity (Wildman–Crippen MR) is 258 cm³/mol. The van der Waals surface area contributed by atoms with Crippen molar-refractivity contribution >= 4 is 13.7 Å². The lowest BCUT2D eigenvalue weighted by atomic mass is 10.0. The minimum atomic E-state index is -4.33. The van der Waals surface area contributed by atoms with Crippen LogP contribution in [0.25, 0.3) is 0 Å². The van der Waals surface area contributed by atoms with Crippen LogP contribution in [0.15, 0.2) is 48.6 Å². The molecule has 0 radical (unpaired) electrons. The van der Waals surface area contributed by atoms with Crippen molar-refractivity contribution in [3.8, 4) is 0 Å². The van der Waals surface area contributed by atoms with Crippen LogP contribution in [0.5, 0.6) is 0 Å². The first-order valence-electron chi connectivity index (χ1n) is 25.0. The zero-order chi connectivity index (χ0) is 44.3. The molecule has 0 bridgehead atoms. The van der Waals surface area contributed by atoms with Gasteiger partial charge in [0.1, 0.15) is 13.2 Å². The zero-order valence-electron chi connectivity index (χ0n) is 39.9. The van der Waals surface area contributed by atoms with Crippen molar-refractivity contribution < 1.29 is 32.9 Å². The van der Waals surface area contributed by atoms with Crippen LogP contribution in [-0.2, 0) is 18.4 Å². The van der Waals surface area contributed by atoms with Crippen LogP contribution in [0.4, 0.5) is 0 Å². The summed E-state index contributed by atoms with van der Waals surface area (Å²) in [6.07, 6.45) is 54.9. The van der Waals surface area contributed by atoms with Gasteiger partial charge in [0.15, 0.2) is 0 Å². The Kier molecular flexibility index (Phi) is 41.6. The van der Waals surface area contributed by atoms with Gasteiger partial charge in [-0.1, -0.05) is 204 Å². The summed E-state index contributed by atoms with van der Waals surface area (Å²) < 4.78 is 23.5. The number of aliphatic hydroxyl groups excluding tert-OH is 1. The van der Waals surface area contributed by atoms with E-state index in [2.05, 4.69) is 55.6 Å². The van der Waals surface area contributed by atoms with E-state index in [1.807, 2.05) is 27.2 Å². The normalized spacial score (nSPS) is 14.6. The van der Waals surface area contributed by atoms with Gasteiger partial charge in [0.05, 0.1) is 39.9 Å². The standard InChI is InChI=1S/C51H97N2O6P/c1-6-8-10-12-14-16-17-18-19-20-21-22-23-24-25-26-27-28-29-30-31-32-33-34-35-37-39-41-43-45-51(55)52-49(48-59-60(56,57)58-47-46-53(3,4)5)50(54)44-42-40-38-36-15-13-11-9-7-2/h17-18,20-21,23-24,42,44,49-50,54H,6-16,19,22,25-41,43,45-48H2,1-5H3,(H-,52,55,56,57)/p+1/b18-17-,21-20-,24-23-,44-42+. The number of carbonyl (C=O) groups is 1. The molecule has 3 unspecified atom stereocenters. The van der Waals surface area contributed by atoms with Gasteiger partial charge in [-0.3, -0.25) is 13.8 Å². The number of aliphatic hydroxyl groups is 1. The van der Waals surface area contributed by atoms with E-state index in [-0.39, 0.29) is 19.1 Å². The fraction of sp³-hybridized carbons (Fsp3) is 0.824. The Morgan fingerprint density at radius 2 is 0.950 bits per heavy atom. The van der Waals surface area contributed by atoms with Crippen molar-refractivity contribution in [2.75, 3.05) is 40.9 Å². The maximum atomic E-state index is 12.9. The van der Waals surface area contributed by atoms with Gasteiger partial charge in [-0.05, 0) is 57.8 Å². The molecule has 0 saturated heterocycles. The Hall–Kier alpha value is -1.54. The van der Waals surface area contributed by atoms with Crippen molar-refractivity contribution in [3.05, 3.63) is 48.6 Å². The number of nitrogens with zero attached hydrogens (tertiary/aromatic N) is 1. The molecule has 8 nitrogen and oxygen atoms in total. The molecule has 0 rings (SSSR count). The average molecular weight is 866 g/mol. The number of quaternary nitrogens is 1. The summed E-state index contributed by atoms with van der Waals surface area (Å²) in [5.74, 6) is -0.181. The summed E-state index contributed by atoms with van der Waals surface area (Å²) in [5.41, 5.74) is 0. The first-order chi connectivity index (χ1) is 29.0. The Bertz CT molecular complexity index is 1120. The first-order valence-corrected chi connectivity index (χ1v) is 26.5. The molecule has 1 amide bonds. The summed E-state index contributed by atoms with van der Waals surface area (Å²) >= 11 is 0. The molecule has 0 aromatic heterocycles. The number of allylic oxidation sites excluding steroid dienone is 7. The summed E-state index contributed by atoms with van der Waals surface area (Å²) in [5, 5.41) is 13.8. The number of hydrogen-bond donors (Lipinski definition) is 3. The molecule has 0 aliphatic heterocycles. The second-order valence-electron chi connectivity index (χ2n) is 18.2. The van der Waals surface area contributed by atoms with Crippen LogP contribution in [-0.4, -0.2) is 73.4 Å². The molecule has 0 aliphatic rings. The molecule has 0 spiro atoms.